The molecule has 0 unspecified atom stereocenters. The molecule has 3 N–H and O–H groups in total. The number of hydrogen-bond acceptors (Lipinski definition) is 3. The van der Waals surface area contributed by atoms with E-state index in [4.69, 9.17) is 5.21 Å². The molecular weight excluding hydrogens is 362 g/mol. The van der Waals surface area contributed by atoms with Gasteiger partial charge in [0.15, 0.2) is 0 Å². The summed E-state index contributed by atoms with van der Waals surface area (Å²) < 4.78 is 0. The highest BCUT2D eigenvalue weighted by molar-refractivity contribution is 5.90. The predicted molar refractivity (Wildman–Crippen MR) is 118 cm³/mol. The highest BCUT2D eigenvalue weighted by Gasteiger charge is 2.21. The van der Waals surface area contributed by atoms with Crippen molar-refractivity contribution >= 4 is 22.9 Å². The van der Waals surface area contributed by atoms with Crippen LogP contribution >= 0.6 is 0 Å². The third-order valence-electron chi connectivity index (χ3n) is 5.17. The van der Waals surface area contributed by atoms with Gasteiger partial charge in [0, 0.05) is 41.8 Å². The van der Waals surface area contributed by atoms with Crippen LogP contribution in [-0.2, 0) is 17.8 Å². The first kappa shape index (κ1) is 20.8. The van der Waals surface area contributed by atoms with Crippen molar-refractivity contribution in [1.82, 2.24) is 15.4 Å². The quantitative estimate of drug-likeness (QED) is 0.315. The molecule has 3 aromatic rings. The first-order valence-electron chi connectivity index (χ1n) is 9.88. The maximum absolute atomic E-state index is 11.1. The minimum Gasteiger partial charge on any atom is -0.361 e. The number of H-pyrrole nitrogens is 1. The van der Waals surface area contributed by atoms with E-state index < -0.39 is 5.91 Å². The van der Waals surface area contributed by atoms with E-state index in [0.717, 1.165) is 25.1 Å². The fraction of sp³-hybridized carbons (Fsp3) is 0.292. The molecule has 0 aliphatic carbocycles. The topological polar surface area (TPSA) is 68.4 Å². The molecule has 1 amide bonds. The number of nitrogens with one attached hydrogen (secondary N) is 2. The van der Waals surface area contributed by atoms with E-state index in [1.807, 2.05) is 12.1 Å². The van der Waals surface area contributed by atoms with Crippen LogP contribution in [-0.4, -0.2) is 33.1 Å². The molecule has 0 radical (unpaired) electrons. The lowest BCUT2D eigenvalue weighted by Gasteiger charge is -2.36. The molecule has 5 heteroatoms. The van der Waals surface area contributed by atoms with Gasteiger partial charge in [-0.1, -0.05) is 42.5 Å². The fourth-order valence-electron chi connectivity index (χ4n) is 3.41. The van der Waals surface area contributed by atoms with Crippen LogP contribution in [0.5, 0.6) is 0 Å². The summed E-state index contributed by atoms with van der Waals surface area (Å²) >= 11 is 0. The van der Waals surface area contributed by atoms with Gasteiger partial charge < -0.3 is 4.98 Å². The van der Waals surface area contributed by atoms with Gasteiger partial charge in [0.25, 0.3) is 5.91 Å². The van der Waals surface area contributed by atoms with Crippen molar-refractivity contribution in [3.05, 3.63) is 77.5 Å². The van der Waals surface area contributed by atoms with Crippen molar-refractivity contribution in [3.8, 4) is 0 Å². The van der Waals surface area contributed by atoms with Crippen LogP contribution < -0.4 is 5.48 Å². The zero-order chi connectivity index (χ0) is 20.9. The molecule has 0 bridgehead atoms. The summed E-state index contributed by atoms with van der Waals surface area (Å²) in [5, 5.41) is 9.85. The zero-order valence-corrected chi connectivity index (χ0v) is 17.3. The Bertz CT molecular complexity index is 981. The van der Waals surface area contributed by atoms with E-state index >= 15 is 0 Å². The number of benzene rings is 2. The first-order valence-corrected chi connectivity index (χ1v) is 9.88. The van der Waals surface area contributed by atoms with Gasteiger partial charge in [0.1, 0.15) is 0 Å². The van der Waals surface area contributed by atoms with Crippen molar-refractivity contribution in [1.29, 1.82) is 0 Å². The molecule has 0 spiro atoms. The van der Waals surface area contributed by atoms with Gasteiger partial charge in [-0.05, 0) is 56.0 Å². The van der Waals surface area contributed by atoms with Crippen molar-refractivity contribution in [2.45, 2.75) is 39.3 Å². The lowest BCUT2D eigenvalue weighted by Crippen LogP contribution is -2.42. The second kappa shape index (κ2) is 9.07. The second-order valence-corrected chi connectivity index (χ2v) is 8.25. The summed E-state index contributed by atoms with van der Waals surface area (Å²) in [6.07, 6.45) is 6.08. The molecule has 152 valence electrons. The smallest absolute Gasteiger partial charge is 0.267 e. The number of carbonyl (C=O) groups is 1. The van der Waals surface area contributed by atoms with Gasteiger partial charge in [0.2, 0.25) is 0 Å². The number of nitrogens with zero attached hydrogens (tertiary/aromatic N) is 1. The molecule has 0 aliphatic rings. The Morgan fingerprint density at radius 3 is 2.55 bits per heavy atom. The molecule has 0 atom stereocenters. The summed E-state index contributed by atoms with van der Waals surface area (Å²) in [7, 11) is 0. The van der Waals surface area contributed by atoms with Crippen LogP contribution in [0.3, 0.4) is 0 Å². The highest BCUT2D eigenvalue weighted by atomic mass is 16.5. The van der Waals surface area contributed by atoms with Gasteiger partial charge in [-0.15, -0.1) is 0 Å². The van der Waals surface area contributed by atoms with Crippen molar-refractivity contribution < 1.29 is 10.0 Å². The minimum absolute atomic E-state index is 0.0455. The standard InChI is InChI=1S/C24H29N3O2/c1-24(2,3)27(15-14-20-16-25-22-7-5-4-6-21(20)22)17-19-10-8-18(9-11-19)12-13-23(28)26-29/h4-13,16,25,29H,14-15,17H2,1-3H3,(H,26,28). The van der Waals surface area contributed by atoms with E-state index in [2.05, 4.69) is 73.3 Å². The molecule has 3 rings (SSSR count). The molecule has 0 saturated heterocycles. The number of amides is 1. The number of hydrogen-bond donors (Lipinski definition) is 3. The number of aromatic amines is 1. The monoisotopic (exact) mass is 391 g/mol. The minimum atomic E-state index is -0.537. The number of rotatable bonds is 7. The summed E-state index contributed by atoms with van der Waals surface area (Å²) in [5.41, 5.74) is 6.31. The third-order valence-corrected chi connectivity index (χ3v) is 5.17. The SMILES string of the molecule is CC(C)(C)N(CCc1c[nH]c2ccccc12)Cc1ccc(C=CC(=O)NO)cc1. The molecule has 0 aliphatic heterocycles. The largest absolute Gasteiger partial charge is 0.361 e. The van der Waals surface area contributed by atoms with Crippen LogP contribution in [0.25, 0.3) is 17.0 Å². The van der Waals surface area contributed by atoms with Crippen molar-refractivity contribution in [2.24, 2.45) is 0 Å². The fourth-order valence-corrected chi connectivity index (χ4v) is 3.41. The maximum Gasteiger partial charge on any atom is 0.267 e. The first-order chi connectivity index (χ1) is 13.9. The summed E-state index contributed by atoms with van der Waals surface area (Å²) in [6.45, 7) is 8.54. The Labute approximate surface area is 172 Å². The Hall–Kier alpha value is -2.89. The molecular formula is C24H29N3O2. The van der Waals surface area contributed by atoms with E-state index in [1.165, 1.54) is 28.1 Å². The Morgan fingerprint density at radius 2 is 1.86 bits per heavy atom. The van der Waals surface area contributed by atoms with E-state index in [-0.39, 0.29) is 5.54 Å². The van der Waals surface area contributed by atoms with Crippen LogP contribution in [0.2, 0.25) is 0 Å². The van der Waals surface area contributed by atoms with Crippen LogP contribution in [0, 0.1) is 0 Å². The predicted octanol–water partition coefficient (Wildman–Crippen LogP) is 4.53. The van der Waals surface area contributed by atoms with Gasteiger partial charge in [0.05, 0.1) is 0 Å². The molecule has 0 saturated carbocycles. The molecule has 1 aromatic heterocycles. The molecule has 29 heavy (non-hydrogen) atoms. The number of para-hydroxylation sites is 1. The molecule has 5 nitrogen and oxygen atoms in total. The van der Waals surface area contributed by atoms with Crippen LogP contribution in [0.1, 0.15) is 37.5 Å². The second-order valence-electron chi connectivity index (χ2n) is 8.25. The van der Waals surface area contributed by atoms with E-state index in [1.54, 1.807) is 11.6 Å². The lowest BCUT2D eigenvalue weighted by molar-refractivity contribution is -0.124. The van der Waals surface area contributed by atoms with Crippen LogP contribution in [0.15, 0.2) is 60.8 Å². The van der Waals surface area contributed by atoms with E-state index in [9.17, 15) is 4.79 Å². The van der Waals surface area contributed by atoms with E-state index in [0.29, 0.717) is 0 Å². The zero-order valence-electron chi connectivity index (χ0n) is 17.3. The Kier molecular flexibility index (Phi) is 6.52. The third kappa shape index (κ3) is 5.56. The Balaban J connectivity index is 1.68. The van der Waals surface area contributed by atoms with Crippen LogP contribution in [0.4, 0.5) is 0 Å². The normalized spacial score (nSPS) is 12.2. The van der Waals surface area contributed by atoms with Gasteiger partial charge >= 0.3 is 0 Å². The average Bonchev–Trinajstić information content (AvgIpc) is 3.12. The van der Waals surface area contributed by atoms with Gasteiger partial charge in [-0.3, -0.25) is 14.9 Å². The van der Waals surface area contributed by atoms with Gasteiger partial charge in [-0.2, -0.15) is 0 Å². The molecule has 0 fully saturated rings. The number of aromatic nitrogens is 1. The Morgan fingerprint density at radius 1 is 1.14 bits per heavy atom. The number of fused-ring (bicyclic) bond motifs is 1. The highest BCUT2D eigenvalue weighted by Crippen LogP contribution is 2.22. The average molecular weight is 392 g/mol. The number of carbonyl (C=O) groups excluding carboxylic acids is 1. The summed E-state index contributed by atoms with van der Waals surface area (Å²) in [6, 6.07) is 16.6. The molecule has 1 heterocycles. The molecule has 2 aromatic carbocycles. The van der Waals surface area contributed by atoms with Gasteiger partial charge in [-0.25, -0.2) is 5.48 Å². The van der Waals surface area contributed by atoms with Crippen molar-refractivity contribution in [2.75, 3.05) is 6.54 Å². The lowest BCUT2D eigenvalue weighted by atomic mass is 10.0. The summed E-state index contributed by atoms with van der Waals surface area (Å²) in [5.74, 6) is -0.537. The van der Waals surface area contributed by atoms with Crippen molar-refractivity contribution in [3.63, 3.8) is 0 Å². The summed E-state index contributed by atoms with van der Waals surface area (Å²) in [4.78, 5) is 16.9. The maximum atomic E-state index is 11.1. The number of hydroxylamine groups is 1.